The summed E-state index contributed by atoms with van der Waals surface area (Å²) in [5.74, 6) is 1.09. The average molecular weight is 246 g/mol. The first-order chi connectivity index (χ1) is 8.33. The highest BCUT2D eigenvalue weighted by atomic mass is 35.5. The van der Waals surface area contributed by atoms with Crippen LogP contribution in [0.4, 0.5) is 0 Å². The molecule has 0 radical (unpaired) electrons. The van der Waals surface area contributed by atoms with Crippen LogP contribution in [0.15, 0.2) is 57.8 Å². The lowest BCUT2D eigenvalue weighted by Gasteiger charge is -1.94. The summed E-state index contributed by atoms with van der Waals surface area (Å²) in [6, 6.07) is 11.0. The second kappa shape index (κ2) is 4.11. The summed E-state index contributed by atoms with van der Waals surface area (Å²) in [5.41, 5.74) is 1.71. The molecule has 3 rings (SSSR count). The van der Waals surface area contributed by atoms with Crippen LogP contribution in [0.2, 0.25) is 5.02 Å². The number of oxazole rings is 1. The second-order valence-electron chi connectivity index (χ2n) is 3.52. The molecule has 17 heavy (non-hydrogen) atoms. The van der Waals surface area contributed by atoms with Gasteiger partial charge in [-0.05, 0) is 24.3 Å². The topological polar surface area (TPSA) is 39.2 Å². The van der Waals surface area contributed by atoms with Crippen LogP contribution in [0.1, 0.15) is 0 Å². The van der Waals surface area contributed by atoms with E-state index in [9.17, 15) is 0 Å². The number of halogens is 1. The van der Waals surface area contributed by atoms with E-state index in [1.807, 2.05) is 24.3 Å². The van der Waals surface area contributed by atoms with E-state index in [0.29, 0.717) is 16.7 Å². The SMILES string of the molecule is Clc1ccc(-c2coc(-c3ccco3)n2)cc1. The van der Waals surface area contributed by atoms with Crippen molar-refractivity contribution < 1.29 is 8.83 Å². The molecule has 0 aliphatic rings. The Labute approximate surface area is 103 Å². The van der Waals surface area contributed by atoms with Crippen molar-refractivity contribution in [1.82, 2.24) is 4.98 Å². The molecule has 0 atom stereocenters. The first kappa shape index (κ1) is 10.2. The summed E-state index contributed by atoms with van der Waals surface area (Å²) >= 11 is 5.83. The van der Waals surface area contributed by atoms with E-state index in [1.165, 1.54) is 0 Å². The van der Waals surface area contributed by atoms with Gasteiger partial charge in [0.2, 0.25) is 0 Å². The van der Waals surface area contributed by atoms with E-state index in [-0.39, 0.29) is 0 Å². The Hall–Kier alpha value is -2.00. The van der Waals surface area contributed by atoms with E-state index in [1.54, 1.807) is 24.7 Å². The van der Waals surface area contributed by atoms with Crippen molar-refractivity contribution in [2.45, 2.75) is 0 Å². The predicted octanol–water partition coefficient (Wildman–Crippen LogP) is 4.26. The summed E-state index contributed by atoms with van der Waals surface area (Å²) < 4.78 is 10.6. The van der Waals surface area contributed by atoms with Crippen molar-refractivity contribution in [1.29, 1.82) is 0 Å². The minimum Gasteiger partial charge on any atom is -0.459 e. The highest BCUT2D eigenvalue weighted by Crippen LogP contribution is 2.25. The minimum atomic E-state index is 0.472. The number of hydrogen-bond donors (Lipinski definition) is 0. The number of benzene rings is 1. The van der Waals surface area contributed by atoms with Crippen LogP contribution in [-0.4, -0.2) is 4.98 Å². The second-order valence-corrected chi connectivity index (χ2v) is 3.96. The number of nitrogens with zero attached hydrogens (tertiary/aromatic N) is 1. The Balaban J connectivity index is 1.98. The molecular weight excluding hydrogens is 238 g/mol. The molecule has 2 aromatic heterocycles. The van der Waals surface area contributed by atoms with Crippen molar-refractivity contribution in [3.8, 4) is 22.9 Å². The van der Waals surface area contributed by atoms with Crippen molar-refractivity contribution in [3.63, 3.8) is 0 Å². The Morgan fingerprint density at radius 1 is 1.00 bits per heavy atom. The summed E-state index contributed by atoms with van der Waals surface area (Å²) in [5, 5.41) is 0.698. The highest BCUT2D eigenvalue weighted by Gasteiger charge is 2.10. The van der Waals surface area contributed by atoms with Gasteiger partial charge in [-0.2, -0.15) is 0 Å². The fraction of sp³-hybridized carbons (Fsp3) is 0. The summed E-state index contributed by atoms with van der Waals surface area (Å²) in [7, 11) is 0. The zero-order chi connectivity index (χ0) is 11.7. The van der Waals surface area contributed by atoms with Crippen LogP contribution in [0, 0.1) is 0 Å². The fourth-order valence-electron chi connectivity index (χ4n) is 1.54. The first-order valence-corrected chi connectivity index (χ1v) is 5.46. The predicted molar refractivity (Wildman–Crippen MR) is 64.7 cm³/mol. The zero-order valence-corrected chi connectivity index (χ0v) is 9.52. The third kappa shape index (κ3) is 1.97. The third-order valence-corrected chi connectivity index (χ3v) is 2.63. The zero-order valence-electron chi connectivity index (χ0n) is 8.76. The average Bonchev–Trinajstić information content (AvgIpc) is 3.00. The van der Waals surface area contributed by atoms with Crippen LogP contribution in [-0.2, 0) is 0 Å². The van der Waals surface area contributed by atoms with Crippen molar-refractivity contribution in [2.24, 2.45) is 0 Å². The van der Waals surface area contributed by atoms with E-state index < -0.39 is 0 Å². The summed E-state index contributed by atoms with van der Waals surface area (Å²) in [6.45, 7) is 0. The molecule has 2 heterocycles. The molecular formula is C13H8ClNO2. The van der Waals surface area contributed by atoms with Gasteiger partial charge in [-0.1, -0.05) is 23.7 Å². The third-order valence-electron chi connectivity index (χ3n) is 2.38. The van der Waals surface area contributed by atoms with Gasteiger partial charge in [0.1, 0.15) is 12.0 Å². The molecule has 0 aliphatic heterocycles. The standard InChI is InChI=1S/C13H8ClNO2/c14-10-5-3-9(4-6-10)11-8-17-13(15-11)12-2-1-7-16-12/h1-8H. The van der Waals surface area contributed by atoms with E-state index >= 15 is 0 Å². The first-order valence-electron chi connectivity index (χ1n) is 5.08. The van der Waals surface area contributed by atoms with Crippen molar-refractivity contribution in [2.75, 3.05) is 0 Å². The molecule has 0 amide bonds. The molecule has 4 heteroatoms. The molecule has 0 saturated heterocycles. The van der Waals surface area contributed by atoms with Gasteiger partial charge in [-0.15, -0.1) is 0 Å². The molecule has 0 spiro atoms. The maximum Gasteiger partial charge on any atom is 0.263 e. The molecule has 84 valence electrons. The maximum absolute atomic E-state index is 5.83. The number of furan rings is 1. The molecule has 0 unspecified atom stereocenters. The molecule has 0 saturated carbocycles. The quantitative estimate of drug-likeness (QED) is 0.677. The van der Waals surface area contributed by atoms with Crippen LogP contribution in [0.3, 0.4) is 0 Å². The molecule has 3 nitrogen and oxygen atoms in total. The number of hydrogen-bond acceptors (Lipinski definition) is 3. The Morgan fingerprint density at radius 2 is 1.82 bits per heavy atom. The highest BCUT2D eigenvalue weighted by molar-refractivity contribution is 6.30. The Bertz CT molecular complexity index is 611. The molecule has 0 N–H and O–H groups in total. The van der Waals surface area contributed by atoms with E-state index in [0.717, 1.165) is 11.3 Å². The lowest BCUT2D eigenvalue weighted by molar-refractivity contribution is 0.517. The number of rotatable bonds is 2. The van der Waals surface area contributed by atoms with Crippen LogP contribution in [0.5, 0.6) is 0 Å². The normalized spacial score (nSPS) is 10.6. The van der Waals surface area contributed by atoms with Gasteiger partial charge in [0, 0.05) is 10.6 Å². The largest absolute Gasteiger partial charge is 0.459 e. The van der Waals surface area contributed by atoms with Gasteiger partial charge in [-0.3, -0.25) is 0 Å². The minimum absolute atomic E-state index is 0.472. The van der Waals surface area contributed by atoms with Crippen molar-refractivity contribution >= 4 is 11.6 Å². The summed E-state index contributed by atoms with van der Waals surface area (Å²) in [6.07, 6.45) is 3.18. The van der Waals surface area contributed by atoms with Crippen LogP contribution in [0.25, 0.3) is 22.9 Å². The van der Waals surface area contributed by atoms with Gasteiger partial charge < -0.3 is 8.83 Å². The number of aromatic nitrogens is 1. The Kier molecular flexibility index (Phi) is 2.46. The van der Waals surface area contributed by atoms with Gasteiger partial charge in [0.05, 0.1) is 6.26 Å². The molecule has 0 bridgehead atoms. The summed E-state index contributed by atoms with van der Waals surface area (Å²) in [4.78, 5) is 4.35. The van der Waals surface area contributed by atoms with Gasteiger partial charge in [0.25, 0.3) is 5.89 Å². The van der Waals surface area contributed by atoms with E-state index in [4.69, 9.17) is 20.4 Å². The molecule has 0 fully saturated rings. The van der Waals surface area contributed by atoms with Gasteiger partial charge >= 0.3 is 0 Å². The molecule has 3 aromatic rings. The van der Waals surface area contributed by atoms with Gasteiger partial charge in [-0.25, -0.2) is 4.98 Å². The smallest absolute Gasteiger partial charge is 0.263 e. The lowest BCUT2D eigenvalue weighted by atomic mass is 10.2. The fourth-order valence-corrected chi connectivity index (χ4v) is 1.67. The van der Waals surface area contributed by atoms with E-state index in [2.05, 4.69) is 4.98 Å². The van der Waals surface area contributed by atoms with Crippen LogP contribution < -0.4 is 0 Å². The maximum atomic E-state index is 5.83. The van der Waals surface area contributed by atoms with Crippen LogP contribution >= 0.6 is 11.6 Å². The molecule has 0 aliphatic carbocycles. The monoisotopic (exact) mass is 245 g/mol. The van der Waals surface area contributed by atoms with Crippen molar-refractivity contribution in [3.05, 3.63) is 53.9 Å². The lowest BCUT2D eigenvalue weighted by Crippen LogP contribution is -1.77. The van der Waals surface area contributed by atoms with Gasteiger partial charge in [0.15, 0.2) is 5.76 Å². The Morgan fingerprint density at radius 3 is 2.53 bits per heavy atom. The molecule has 1 aromatic carbocycles.